The highest BCUT2D eigenvalue weighted by molar-refractivity contribution is 5.85. The van der Waals surface area contributed by atoms with Gasteiger partial charge in [0, 0.05) is 6.04 Å². The van der Waals surface area contributed by atoms with Gasteiger partial charge < -0.3 is 15.8 Å². The molecule has 5 unspecified atom stereocenters. The second-order valence-corrected chi connectivity index (χ2v) is 6.56. The molecule has 2 aliphatic rings. The van der Waals surface area contributed by atoms with Crippen molar-refractivity contribution in [3.63, 3.8) is 0 Å². The lowest BCUT2D eigenvalue weighted by atomic mass is 9.84. The summed E-state index contributed by atoms with van der Waals surface area (Å²) in [6, 6.07) is 4.48. The molecule has 2 fully saturated rings. The van der Waals surface area contributed by atoms with Gasteiger partial charge in [-0.05, 0) is 55.7 Å². The number of carbonyl (C=O) groups is 1. The number of rotatable bonds is 4. The summed E-state index contributed by atoms with van der Waals surface area (Å²) >= 11 is 0. The van der Waals surface area contributed by atoms with Gasteiger partial charge in [0.15, 0.2) is 11.6 Å². The van der Waals surface area contributed by atoms with Crippen LogP contribution >= 0.6 is 12.4 Å². The van der Waals surface area contributed by atoms with Gasteiger partial charge in [0.1, 0.15) is 0 Å². The first kappa shape index (κ1) is 18.0. The molecule has 6 heteroatoms. The van der Waals surface area contributed by atoms with E-state index in [1.54, 1.807) is 12.1 Å². The summed E-state index contributed by atoms with van der Waals surface area (Å²) in [5.41, 5.74) is 6.93. The fraction of sp³-hybridized carbons (Fsp3) is 0.588. The van der Waals surface area contributed by atoms with Crippen molar-refractivity contribution >= 4 is 18.3 Å². The fourth-order valence-electron chi connectivity index (χ4n) is 4.07. The maximum atomic E-state index is 13.8. The number of hydrogen-bond acceptors (Lipinski definition) is 3. The lowest BCUT2D eigenvalue weighted by Gasteiger charge is -2.28. The largest absolute Gasteiger partial charge is 0.494 e. The van der Waals surface area contributed by atoms with Crippen LogP contribution in [0.5, 0.6) is 5.75 Å². The third-order valence-electron chi connectivity index (χ3n) is 5.32. The highest BCUT2D eigenvalue weighted by Crippen LogP contribution is 2.47. The van der Waals surface area contributed by atoms with Crippen molar-refractivity contribution in [2.24, 2.45) is 23.5 Å². The Bertz CT molecular complexity index is 582. The predicted molar refractivity (Wildman–Crippen MR) is 89.1 cm³/mol. The van der Waals surface area contributed by atoms with Crippen molar-refractivity contribution in [1.82, 2.24) is 5.32 Å². The second-order valence-electron chi connectivity index (χ2n) is 6.56. The molecule has 3 rings (SSSR count). The van der Waals surface area contributed by atoms with Crippen LogP contribution in [0.1, 0.15) is 37.8 Å². The van der Waals surface area contributed by atoms with E-state index in [4.69, 9.17) is 10.5 Å². The van der Waals surface area contributed by atoms with Gasteiger partial charge >= 0.3 is 0 Å². The maximum absolute atomic E-state index is 13.8. The molecule has 0 spiro atoms. The fourth-order valence-corrected chi connectivity index (χ4v) is 4.07. The summed E-state index contributed by atoms with van der Waals surface area (Å²) in [5.74, 6) is 0.608. The Morgan fingerprint density at radius 1 is 1.39 bits per heavy atom. The molecule has 3 N–H and O–H groups in total. The quantitative estimate of drug-likeness (QED) is 0.884. The highest BCUT2D eigenvalue weighted by Gasteiger charge is 2.49. The smallest absolute Gasteiger partial charge is 0.225 e. The van der Waals surface area contributed by atoms with Crippen LogP contribution in [0, 0.1) is 23.6 Å². The van der Waals surface area contributed by atoms with Gasteiger partial charge in [-0.2, -0.15) is 0 Å². The molecule has 23 heavy (non-hydrogen) atoms. The highest BCUT2D eigenvalue weighted by atomic mass is 35.5. The SMILES string of the molecule is COc1ccc(C(C)NC(=O)C2C3CCC(C3)C2N)cc1F.Cl. The number of methoxy groups -OCH3 is 1. The number of ether oxygens (including phenoxy) is 1. The van der Waals surface area contributed by atoms with E-state index in [0.717, 1.165) is 24.8 Å². The molecule has 1 amide bonds. The number of halogens is 2. The van der Waals surface area contributed by atoms with Crippen molar-refractivity contribution in [2.45, 2.75) is 38.3 Å². The van der Waals surface area contributed by atoms with Crippen LogP contribution in [-0.2, 0) is 4.79 Å². The summed E-state index contributed by atoms with van der Waals surface area (Å²) < 4.78 is 18.7. The number of hydrogen-bond donors (Lipinski definition) is 2. The third kappa shape index (κ3) is 3.31. The van der Waals surface area contributed by atoms with Gasteiger partial charge in [0.25, 0.3) is 0 Å². The molecule has 0 heterocycles. The minimum Gasteiger partial charge on any atom is -0.494 e. The van der Waals surface area contributed by atoms with E-state index in [2.05, 4.69) is 5.32 Å². The van der Waals surface area contributed by atoms with Crippen molar-refractivity contribution in [3.05, 3.63) is 29.6 Å². The Morgan fingerprint density at radius 3 is 2.65 bits per heavy atom. The molecular weight excluding hydrogens is 319 g/mol. The molecule has 0 aliphatic heterocycles. The molecule has 1 aromatic carbocycles. The summed E-state index contributed by atoms with van der Waals surface area (Å²) in [7, 11) is 1.43. The summed E-state index contributed by atoms with van der Waals surface area (Å²) in [6.45, 7) is 1.86. The van der Waals surface area contributed by atoms with Crippen LogP contribution < -0.4 is 15.8 Å². The van der Waals surface area contributed by atoms with Crippen molar-refractivity contribution < 1.29 is 13.9 Å². The molecule has 2 bridgehead atoms. The zero-order valence-corrected chi connectivity index (χ0v) is 14.2. The summed E-state index contributed by atoms with van der Waals surface area (Å²) in [6.07, 6.45) is 3.32. The van der Waals surface area contributed by atoms with Crippen molar-refractivity contribution in [1.29, 1.82) is 0 Å². The Balaban J connectivity index is 0.00000192. The standard InChI is InChI=1S/C17H23FN2O2.ClH/c1-9(10-5-6-14(22-2)13(18)8-10)20-17(21)15-11-3-4-12(7-11)16(15)19;/h5-6,8-9,11-12,15-16H,3-4,7,19H2,1-2H3,(H,20,21);1H. The van der Waals surface area contributed by atoms with Crippen LogP contribution in [0.2, 0.25) is 0 Å². The molecule has 0 aromatic heterocycles. The van der Waals surface area contributed by atoms with Gasteiger partial charge in [-0.3, -0.25) is 4.79 Å². The molecule has 5 atom stereocenters. The van der Waals surface area contributed by atoms with Crippen LogP contribution in [0.3, 0.4) is 0 Å². The Morgan fingerprint density at radius 2 is 2.09 bits per heavy atom. The summed E-state index contributed by atoms with van der Waals surface area (Å²) in [4.78, 5) is 12.5. The first-order chi connectivity index (χ1) is 10.5. The second kappa shape index (κ2) is 7.05. The molecule has 0 radical (unpaired) electrons. The molecule has 2 saturated carbocycles. The topological polar surface area (TPSA) is 64.3 Å². The number of amides is 1. The van der Waals surface area contributed by atoms with E-state index >= 15 is 0 Å². The lowest BCUT2D eigenvalue weighted by Crippen LogP contribution is -2.45. The Hall–Kier alpha value is -1.33. The van der Waals surface area contributed by atoms with Crippen LogP contribution in [-0.4, -0.2) is 19.1 Å². The number of carbonyl (C=O) groups excluding carboxylic acids is 1. The summed E-state index contributed by atoms with van der Waals surface area (Å²) in [5, 5.41) is 2.99. The molecule has 4 nitrogen and oxygen atoms in total. The molecule has 128 valence electrons. The minimum atomic E-state index is -0.419. The van der Waals surface area contributed by atoms with E-state index < -0.39 is 5.82 Å². The number of benzene rings is 1. The molecule has 2 aliphatic carbocycles. The minimum absolute atomic E-state index is 0. The third-order valence-corrected chi connectivity index (χ3v) is 5.32. The maximum Gasteiger partial charge on any atom is 0.225 e. The molecular formula is C17H24ClFN2O2. The van der Waals surface area contributed by atoms with Gasteiger partial charge in [-0.1, -0.05) is 6.07 Å². The van der Waals surface area contributed by atoms with Crippen molar-refractivity contribution in [3.8, 4) is 5.75 Å². The van der Waals surface area contributed by atoms with Crippen LogP contribution in [0.4, 0.5) is 4.39 Å². The normalized spacial score (nSPS) is 29.7. The van der Waals surface area contributed by atoms with Gasteiger partial charge in [-0.15, -0.1) is 12.4 Å². The van der Waals surface area contributed by atoms with Crippen LogP contribution in [0.15, 0.2) is 18.2 Å². The zero-order valence-electron chi connectivity index (χ0n) is 13.4. The number of nitrogens with one attached hydrogen (secondary N) is 1. The number of fused-ring (bicyclic) bond motifs is 2. The van der Waals surface area contributed by atoms with E-state index in [9.17, 15) is 9.18 Å². The van der Waals surface area contributed by atoms with Crippen molar-refractivity contribution in [2.75, 3.05) is 7.11 Å². The first-order valence-electron chi connectivity index (χ1n) is 7.90. The van der Waals surface area contributed by atoms with E-state index in [1.165, 1.54) is 13.2 Å². The van der Waals surface area contributed by atoms with E-state index in [-0.39, 0.29) is 42.1 Å². The van der Waals surface area contributed by atoms with Gasteiger partial charge in [-0.25, -0.2) is 4.39 Å². The van der Waals surface area contributed by atoms with Gasteiger partial charge in [0.05, 0.1) is 19.1 Å². The Labute approximate surface area is 142 Å². The Kier molecular flexibility index (Phi) is 5.53. The monoisotopic (exact) mass is 342 g/mol. The number of nitrogens with two attached hydrogens (primary N) is 1. The molecule has 0 saturated heterocycles. The van der Waals surface area contributed by atoms with Gasteiger partial charge in [0.2, 0.25) is 5.91 Å². The first-order valence-corrected chi connectivity index (χ1v) is 7.90. The average molecular weight is 343 g/mol. The van der Waals surface area contributed by atoms with E-state index in [1.807, 2.05) is 6.92 Å². The predicted octanol–water partition coefficient (Wildman–Crippen LogP) is 2.81. The lowest BCUT2D eigenvalue weighted by molar-refractivity contribution is -0.127. The molecule has 1 aromatic rings. The zero-order chi connectivity index (χ0) is 15.9. The van der Waals surface area contributed by atoms with Crippen LogP contribution in [0.25, 0.3) is 0 Å². The average Bonchev–Trinajstić information content (AvgIpc) is 3.07. The van der Waals surface area contributed by atoms with E-state index in [0.29, 0.717) is 11.8 Å².